The van der Waals surface area contributed by atoms with Crippen molar-refractivity contribution < 1.29 is 61.0 Å². The van der Waals surface area contributed by atoms with Gasteiger partial charge in [-0.1, -0.05) is 0 Å². The fourth-order valence-corrected chi connectivity index (χ4v) is 6.38. The Morgan fingerprint density at radius 1 is 1.03 bits per heavy atom. The highest BCUT2D eigenvalue weighted by Crippen LogP contribution is 2.68. The standard InChI is InChI=1S/C13H23N2O15P3/c1-13(2,3)28-32(22,23)30-33(24,25)29-31(20,21)26-6-7-9(17)10(18)11(27-7)15-5-4-8(16)14-12(15)19/h4-5,7,9-11,17-18H,6H2,1-3H3,(H,20,21)(H,22,23)(H,24,25)(H,14,16,19). The molecule has 0 bridgehead atoms. The topological polar surface area (TPSA) is 253 Å². The molecule has 0 amide bonds. The first-order valence-electron chi connectivity index (χ1n) is 8.90. The minimum atomic E-state index is -5.69. The van der Waals surface area contributed by atoms with Gasteiger partial charge in [0, 0.05) is 12.3 Å². The molecule has 7 atom stereocenters. The van der Waals surface area contributed by atoms with Crippen molar-refractivity contribution >= 4 is 23.5 Å². The van der Waals surface area contributed by atoms with Gasteiger partial charge in [0.15, 0.2) is 6.23 Å². The highest BCUT2D eigenvalue weighted by molar-refractivity contribution is 7.66. The molecule has 1 aromatic rings. The summed E-state index contributed by atoms with van der Waals surface area (Å²) in [5.41, 5.74) is -3.02. The molecule has 1 fully saturated rings. The third-order valence-electron chi connectivity index (χ3n) is 3.67. The Morgan fingerprint density at radius 3 is 2.15 bits per heavy atom. The number of hydrogen-bond donors (Lipinski definition) is 6. The predicted octanol–water partition coefficient (Wildman–Crippen LogP) is -0.678. The number of rotatable bonds is 9. The zero-order valence-corrected chi connectivity index (χ0v) is 20.0. The molecule has 0 spiro atoms. The summed E-state index contributed by atoms with van der Waals surface area (Å²) in [5, 5.41) is 20.1. The maximum absolute atomic E-state index is 12.0. The Hall–Kier alpha value is -1.03. The van der Waals surface area contributed by atoms with E-state index < -0.39 is 71.5 Å². The van der Waals surface area contributed by atoms with Gasteiger partial charge in [0.1, 0.15) is 18.3 Å². The zero-order chi connectivity index (χ0) is 25.4. The van der Waals surface area contributed by atoms with Crippen LogP contribution in [-0.4, -0.2) is 65.0 Å². The summed E-state index contributed by atoms with van der Waals surface area (Å²) in [5.74, 6) is 0. The maximum Gasteiger partial charge on any atom is 0.490 e. The summed E-state index contributed by atoms with van der Waals surface area (Å²) in [6.45, 7) is 2.94. The Kier molecular flexibility index (Phi) is 8.47. The SMILES string of the molecule is CC(C)(C)OP(=O)(O)OP(=O)(O)OP(=O)(O)OCC1OC(n2ccc(=O)[nH]c2=O)C(O)C1O. The molecular weight excluding hydrogens is 517 g/mol. The van der Waals surface area contributed by atoms with Crippen LogP contribution in [0, 0.1) is 0 Å². The van der Waals surface area contributed by atoms with Gasteiger partial charge in [0.25, 0.3) is 5.56 Å². The summed E-state index contributed by atoms with van der Waals surface area (Å²) in [6.07, 6.45) is -5.64. The van der Waals surface area contributed by atoms with Gasteiger partial charge in [0.05, 0.1) is 12.2 Å². The van der Waals surface area contributed by atoms with Gasteiger partial charge >= 0.3 is 29.2 Å². The molecule has 6 N–H and O–H groups in total. The number of aliphatic hydroxyl groups excluding tert-OH is 2. The van der Waals surface area contributed by atoms with Crippen molar-refractivity contribution in [2.45, 2.75) is 50.9 Å². The Labute approximate surface area is 185 Å². The lowest BCUT2D eigenvalue weighted by molar-refractivity contribution is -0.0542. The van der Waals surface area contributed by atoms with Gasteiger partial charge in [-0.3, -0.25) is 23.4 Å². The molecule has 190 valence electrons. The second-order valence-electron chi connectivity index (χ2n) is 7.63. The number of nitrogens with zero attached hydrogens (tertiary/aromatic N) is 1. The number of H-pyrrole nitrogens is 1. The quantitative estimate of drug-likeness (QED) is 0.212. The van der Waals surface area contributed by atoms with Crippen LogP contribution >= 0.6 is 23.5 Å². The fraction of sp³-hybridized carbons (Fsp3) is 0.692. The summed E-state index contributed by atoms with van der Waals surface area (Å²) in [4.78, 5) is 53.5. The monoisotopic (exact) mass is 540 g/mol. The molecule has 2 rings (SSSR count). The number of aliphatic hydroxyl groups is 2. The Morgan fingerprint density at radius 2 is 1.61 bits per heavy atom. The predicted molar refractivity (Wildman–Crippen MR) is 106 cm³/mol. The molecule has 20 heteroatoms. The van der Waals surface area contributed by atoms with E-state index in [2.05, 4.69) is 17.7 Å². The van der Waals surface area contributed by atoms with Crippen LogP contribution in [0.25, 0.3) is 0 Å². The van der Waals surface area contributed by atoms with E-state index in [1.54, 1.807) is 0 Å². The van der Waals surface area contributed by atoms with Gasteiger partial charge in [-0.05, 0) is 20.8 Å². The van der Waals surface area contributed by atoms with E-state index in [1.807, 2.05) is 4.98 Å². The molecule has 0 saturated carbocycles. The van der Waals surface area contributed by atoms with Gasteiger partial charge < -0.3 is 29.6 Å². The fourth-order valence-electron chi connectivity index (χ4n) is 2.55. The molecule has 7 unspecified atom stereocenters. The van der Waals surface area contributed by atoms with Gasteiger partial charge in [-0.2, -0.15) is 8.62 Å². The van der Waals surface area contributed by atoms with Crippen molar-refractivity contribution in [1.29, 1.82) is 0 Å². The second-order valence-corrected chi connectivity index (χ2v) is 12.2. The smallest absolute Gasteiger partial charge is 0.387 e. The van der Waals surface area contributed by atoms with E-state index in [1.165, 1.54) is 20.8 Å². The number of phosphoric acid groups is 3. The molecule has 0 radical (unpaired) electrons. The highest BCUT2D eigenvalue weighted by Gasteiger charge is 2.47. The van der Waals surface area contributed by atoms with Crippen molar-refractivity contribution in [2.75, 3.05) is 6.61 Å². The summed E-state index contributed by atoms with van der Waals surface area (Å²) >= 11 is 0. The van der Waals surface area contributed by atoms with Crippen molar-refractivity contribution in [3.8, 4) is 0 Å². The van der Waals surface area contributed by atoms with E-state index >= 15 is 0 Å². The zero-order valence-electron chi connectivity index (χ0n) is 17.3. The molecule has 1 aliphatic heterocycles. The lowest BCUT2D eigenvalue weighted by Crippen LogP contribution is -2.37. The molecule has 0 aromatic carbocycles. The van der Waals surface area contributed by atoms with E-state index in [0.29, 0.717) is 0 Å². The van der Waals surface area contributed by atoms with Crippen LogP contribution in [0.15, 0.2) is 21.9 Å². The molecular formula is C13H23N2O15P3. The third-order valence-corrected chi connectivity index (χ3v) is 8.22. The molecule has 1 aromatic heterocycles. The van der Waals surface area contributed by atoms with Crippen molar-refractivity contribution in [3.63, 3.8) is 0 Å². The average Bonchev–Trinajstić information content (AvgIpc) is 2.84. The first-order chi connectivity index (χ1) is 14.8. The summed E-state index contributed by atoms with van der Waals surface area (Å²) in [7, 11) is -16.4. The van der Waals surface area contributed by atoms with Crippen molar-refractivity contribution in [3.05, 3.63) is 33.1 Å². The lowest BCUT2D eigenvalue weighted by Gasteiger charge is -2.24. The van der Waals surface area contributed by atoms with Crippen LogP contribution < -0.4 is 11.2 Å². The van der Waals surface area contributed by atoms with Crippen molar-refractivity contribution in [2.24, 2.45) is 0 Å². The lowest BCUT2D eigenvalue weighted by atomic mass is 10.1. The number of nitrogens with one attached hydrogen (secondary N) is 1. The molecule has 1 aliphatic rings. The number of hydrogen-bond acceptors (Lipinski definition) is 12. The number of phosphoric ester groups is 2. The molecule has 17 nitrogen and oxygen atoms in total. The molecule has 1 saturated heterocycles. The number of ether oxygens (including phenoxy) is 1. The molecule has 2 heterocycles. The first kappa shape index (κ1) is 28.2. The van der Waals surface area contributed by atoms with E-state index in [-0.39, 0.29) is 0 Å². The summed E-state index contributed by atoms with van der Waals surface area (Å²) in [6, 6.07) is 0.936. The van der Waals surface area contributed by atoms with Crippen molar-refractivity contribution in [1.82, 2.24) is 9.55 Å². The average molecular weight is 540 g/mol. The number of aromatic amines is 1. The molecule has 0 aliphatic carbocycles. The van der Waals surface area contributed by atoms with Crippen LogP contribution in [0.1, 0.15) is 27.0 Å². The Balaban J connectivity index is 2.03. The number of aromatic nitrogens is 2. The van der Waals surface area contributed by atoms with Gasteiger partial charge in [-0.25, -0.2) is 18.5 Å². The minimum Gasteiger partial charge on any atom is -0.387 e. The van der Waals surface area contributed by atoms with Gasteiger partial charge in [0.2, 0.25) is 0 Å². The maximum atomic E-state index is 12.0. The minimum absolute atomic E-state index is 0.730. The normalized spacial score (nSPS) is 29.2. The Bertz CT molecular complexity index is 1110. The van der Waals surface area contributed by atoms with E-state index in [0.717, 1.165) is 16.8 Å². The van der Waals surface area contributed by atoms with E-state index in [9.17, 15) is 48.2 Å². The van der Waals surface area contributed by atoms with Crippen LogP contribution in [-0.2, 0) is 36.1 Å². The molecule has 33 heavy (non-hydrogen) atoms. The first-order valence-corrected chi connectivity index (χ1v) is 13.4. The van der Waals surface area contributed by atoms with Gasteiger partial charge in [-0.15, -0.1) is 0 Å². The largest absolute Gasteiger partial charge is 0.490 e. The van der Waals surface area contributed by atoms with Crippen LogP contribution in [0.5, 0.6) is 0 Å². The third kappa shape index (κ3) is 8.30. The summed E-state index contributed by atoms with van der Waals surface area (Å²) < 4.78 is 58.3. The second kappa shape index (κ2) is 9.91. The highest BCUT2D eigenvalue weighted by atomic mass is 31.3. The van der Waals surface area contributed by atoms with Crippen LogP contribution in [0.4, 0.5) is 0 Å². The van der Waals surface area contributed by atoms with E-state index in [4.69, 9.17) is 4.74 Å². The van der Waals surface area contributed by atoms with Crippen LogP contribution in [0.2, 0.25) is 0 Å². The van der Waals surface area contributed by atoms with Crippen LogP contribution in [0.3, 0.4) is 0 Å².